The molecule has 6 nitrogen and oxygen atoms in total. The van der Waals surface area contributed by atoms with Crippen molar-refractivity contribution in [3.05, 3.63) is 11.6 Å². The van der Waals surface area contributed by atoms with E-state index in [0.717, 1.165) is 44.9 Å². The number of ketones is 1. The van der Waals surface area contributed by atoms with Crippen LogP contribution in [0.5, 0.6) is 0 Å². The number of carboxylic acid groups (broad SMARTS) is 1. The first kappa shape index (κ1) is 28.8. The topological polar surface area (TPSA) is 89.9 Å². The van der Waals surface area contributed by atoms with E-state index in [2.05, 4.69) is 41.5 Å². The van der Waals surface area contributed by atoms with Gasteiger partial charge in [0.2, 0.25) is 0 Å². The smallest absolute Gasteiger partial charge is 0.331 e. The molecule has 0 aromatic heterocycles. The highest BCUT2D eigenvalue weighted by Gasteiger charge is 2.70. The molecule has 5 rings (SSSR count). The van der Waals surface area contributed by atoms with E-state index in [0.29, 0.717) is 18.8 Å². The maximum Gasteiger partial charge on any atom is 0.331 e. The van der Waals surface area contributed by atoms with Crippen LogP contribution in [-0.4, -0.2) is 42.6 Å². The molecule has 39 heavy (non-hydrogen) atoms. The lowest BCUT2D eigenvalue weighted by Gasteiger charge is -2.70. The van der Waals surface area contributed by atoms with Gasteiger partial charge in [0.05, 0.1) is 18.6 Å². The van der Waals surface area contributed by atoms with E-state index in [1.54, 1.807) is 0 Å². The number of aliphatic carboxylic acids is 1. The summed E-state index contributed by atoms with van der Waals surface area (Å²) in [6.07, 6.45) is 10.1. The Labute approximate surface area is 234 Å². The fourth-order valence-corrected chi connectivity index (χ4v) is 10.9. The highest BCUT2D eigenvalue weighted by Crippen LogP contribution is 2.75. The molecule has 1 unspecified atom stereocenters. The molecule has 0 aromatic rings. The van der Waals surface area contributed by atoms with Crippen LogP contribution in [-0.2, 0) is 23.9 Å². The van der Waals surface area contributed by atoms with Crippen molar-refractivity contribution in [2.24, 2.45) is 50.2 Å². The van der Waals surface area contributed by atoms with Crippen molar-refractivity contribution in [3.63, 3.8) is 0 Å². The normalized spacial score (nSPS) is 48.5. The fourth-order valence-electron chi connectivity index (χ4n) is 10.9. The molecule has 0 aromatic carbocycles. The Kier molecular flexibility index (Phi) is 6.58. The van der Waals surface area contributed by atoms with Gasteiger partial charge in [-0.1, -0.05) is 47.1 Å². The van der Waals surface area contributed by atoms with Gasteiger partial charge in [0, 0.05) is 5.92 Å². The molecular weight excluding hydrogens is 492 g/mol. The van der Waals surface area contributed by atoms with Crippen LogP contribution < -0.4 is 0 Å². The van der Waals surface area contributed by atoms with Crippen LogP contribution in [0.3, 0.4) is 0 Å². The number of carbonyl (C=O) groups is 3. The first-order chi connectivity index (χ1) is 18.0. The van der Waals surface area contributed by atoms with Crippen LogP contribution in [0.1, 0.15) is 106 Å². The molecule has 4 fully saturated rings. The molecule has 6 heteroatoms. The highest BCUT2D eigenvalue weighted by atomic mass is 16.6. The summed E-state index contributed by atoms with van der Waals surface area (Å²) >= 11 is 0. The van der Waals surface area contributed by atoms with Crippen molar-refractivity contribution in [3.8, 4) is 0 Å². The molecule has 1 N–H and O–H groups in total. The summed E-state index contributed by atoms with van der Waals surface area (Å²) in [6.45, 7) is 15.9. The predicted octanol–water partition coefficient (Wildman–Crippen LogP) is 6.61. The average Bonchev–Trinajstić information content (AvgIpc) is 2.85. The van der Waals surface area contributed by atoms with Gasteiger partial charge in [-0.2, -0.15) is 0 Å². The van der Waals surface area contributed by atoms with E-state index in [-0.39, 0.29) is 63.4 Å². The van der Waals surface area contributed by atoms with Crippen molar-refractivity contribution in [2.75, 3.05) is 13.7 Å². The Morgan fingerprint density at radius 2 is 1.62 bits per heavy atom. The van der Waals surface area contributed by atoms with Crippen LogP contribution in [0.2, 0.25) is 0 Å². The molecule has 0 saturated heterocycles. The molecular formula is C33H50O6. The van der Waals surface area contributed by atoms with Gasteiger partial charge in [0.1, 0.15) is 6.61 Å². The molecule has 5 aliphatic rings. The summed E-state index contributed by atoms with van der Waals surface area (Å²) in [7, 11) is 1.39. The SMILES string of the molecule is COC(=O)CO[C@H]1CC[C@@]2(C)C(CC[C@]3(C)[C@@H]2C(=O)C=C2[C@@H]4C[C@@](C)(C(=O)O)CC[C@]4(C)CC[C@]23C)C1(C)C. The number of hydrogen-bond acceptors (Lipinski definition) is 5. The number of fused-ring (bicyclic) bond motifs is 7. The monoisotopic (exact) mass is 542 g/mol. The van der Waals surface area contributed by atoms with E-state index in [1.165, 1.54) is 12.7 Å². The summed E-state index contributed by atoms with van der Waals surface area (Å²) in [5.41, 5.74) is -0.0555. The van der Waals surface area contributed by atoms with Gasteiger partial charge in [-0.3, -0.25) is 9.59 Å². The number of methoxy groups -OCH3 is 1. The van der Waals surface area contributed by atoms with Crippen molar-refractivity contribution < 1.29 is 29.0 Å². The van der Waals surface area contributed by atoms with E-state index in [1.807, 2.05) is 13.0 Å². The van der Waals surface area contributed by atoms with Crippen molar-refractivity contribution in [1.82, 2.24) is 0 Å². The molecule has 0 radical (unpaired) electrons. The predicted molar refractivity (Wildman–Crippen MR) is 149 cm³/mol. The van der Waals surface area contributed by atoms with Gasteiger partial charge in [-0.05, 0) is 110 Å². The van der Waals surface area contributed by atoms with Gasteiger partial charge >= 0.3 is 11.9 Å². The van der Waals surface area contributed by atoms with E-state index in [4.69, 9.17) is 9.47 Å². The molecule has 0 heterocycles. The van der Waals surface area contributed by atoms with Crippen LogP contribution in [0.4, 0.5) is 0 Å². The largest absolute Gasteiger partial charge is 0.481 e. The number of carboxylic acids is 1. The van der Waals surface area contributed by atoms with Gasteiger partial charge in [0.15, 0.2) is 5.78 Å². The van der Waals surface area contributed by atoms with Crippen LogP contribution >= 0.6 is 0 Å². The molecule has 4 saturated carbocycles. The lowest BCUT2D eigenvalue weighted by Crippen LogP contribution is -2.66. The summed E-state index contributed by atoms with van der Waals surface area (Å²) in [5, 5.41) is 10.1. The quantitative estimate of drug-likeness (QED) is 0.402. The zero-order chi connectivity index (χ0) is 28.8. The molecule has 0 bridgehead atoms. The first-order valence-corrected chi connectivity index (χ1v) is 15.2. The van der Waals surface area contributed by atoms with E-state index >= 15 is 0 Å². The van der Waals surface area contributed by atoms with Crippen molar-refractivity contribution in [2.45, 2.75) is 112 Å². The van der Waals surface area contributed by atoms with Crippen molar-refractivity contribution in [1.29, 1.82) is 0 Å². The van der Waals surface area contributed by atoms with E-state index < -0.39 is 11.4 Å². The number of allylic oxidation sites excluding steroid dienone is 2. The second-order valence-electron chi connectivity index (χ2n) is 15.8. The van der Waals surface area contributed by atoms with Crippen LogP contribution in [0.15, 0.2) is 11.6 Å². The van der Waals surface area contributed by atoms with Gasteiger partial charge in [-0.25, -0.2) is 4.79 Å². The molecule has 218 valence electrons. The second-order valence-corrected chi connectivity index (χ2v) is 15.8. The zero-order valence-electron chi connectivity index (χ0n) is 25.4. The summed E-state index contributed by atoms with van der Waals surface area (Å²) < 4.78 is 10.9. The minimum Gasteiger partial charge on any atom is -0.481 e. The number of rotatable bonds is 4. The molecule has 5 aliphatic carbocycles. The second kappa shape index (κ2) is 8.90. The Morgan fingerprint density at radius 3 is 2.26 bits per heavy atom. The third-order valence-corrected chi connectivity index (χ3v) is 13.7. The Morgan fingerprint density at radius 1 is 0.949 bits per heavy atom. The van der Waals surface area contributed by atoms with Gasteiger partial charge in [-0.15, -0.1) is 0 Å². The van der Waals surface area contributed by atoms with Gasteiger partial charge < -0.3 is 14.6 Å². The Bertz CT molecular complexity index is 1110. The average molecular weight is 543 g/mol. The molecule has 0 spiro atoms. The first-order valence-electron chi connectivity index (χ1n) is 15.2. The minimum atomic E-state index is -0.736. The molecule has 0 amide bonds. The van der Waals surface area contributed by atoms with Crippen molar-refractivity contribution >= 4 is 17.7 Å². The Balaban J connectivity index is 1.52. The lowest BCUT2D eigenvalue weighted by molar-refractivity contribution is -0.210. The molecule has 0 aliphatic heterocycles. The number of ether oxygens (including phenoxy) is 2. The third-order valence-electron chi connectivity index (χ3n) is 13.7. The Hall–Kier alpha value is -1.69. The summed E-state index contributed by atoms with van der Waals surface area (Å²) in [5.74, 6) is -0.427. The maximum absolute atomic E-state index is 14.4. The van der Waals surface area contributed by atoms with Crippen LogP contribution in [0, 0.1) is 50.2 Å². The van der Waals surface area contributed by atoms with Crippen LogP contribution in [0.25, 0.3) is 0 Å². The summed E-state index contributed by atoms with van der Waals surface area (Å²) in [6, 6.07) is 0. The maximum atomic E-state index is 14.4. The standard InChI is InChI=1S/C33H50O6/c1-28(2)23-9-12-33(7)26(31(23,5)11-10-24(28)39-19-25(35)38-8)22(34)17-20-21-18-30(4,27(36)37)14-13-29(21,3)15-16-32(20,33)6/h17,21,23-24,26H,9-16,18-19H2,1-8H3,(H,36,37)/t21-,23?,24-,26+,29+,30-,31-,32+,33+/m0/s1. The minimum absolute atomic E-state index is 0.0340. The zero-order valence-corrected chi connectivity index (χ0v) is 25.4. The fraction of sp³-hybridized carbons (Fsp3) is 0.848. The highest BCUT2D eigenvalue weighted by molar-refractivity contribution is 5.95. The molecule has 9 atom stereocenters. The lowest BCUT2D eigenvalue weighted by atomic mass is 9.33. The summed E-state index contributed by atoms with van der Waals surface area (Å²) in [4.78, 5) is 38.6. The number of carbonyl (C=O) groups excluding carboxylic acids is 2. The third kappa shape index (κ3) is 3.85. The van der Waals surface area contributed by atoms with Gasteiger partial charge in [0.25, 0.3) is 0 Å². The van der Waals surface area contributed by atoms with E-state index in [9.17, 15) is 19.5 Å². The number of esters is 1. The number of hydrogen-bond donors (Lipinski definition) is 1.